The van der Waals surface area contributed by atoms with Crippen molar-refractivity contribution in [3.05, 3.63) is 46.3 Å². The summed E-state index contributed by atoms with van der Waals surface area (Å²) in [6.07, 6.45) is 2.59. The molecule has 1 aromatic heterocycles. The zero-order chi connectivity index (χ0) is 18.9. The Kier molecular flexibility index (Phi) is 5.05. The lowest BCUT2D eigenvalue weighted by Gasteiger charge is -2.33. The normalized spacial score (nSPS) is 16.7. The van der Waals surface area contributed by atoms with Crippen LogP contribution < -0.4 is 10.6 Å². The Hall–Kier alpha value is -2.34. The molecule has 1 aliphatic rings. The standard InChI is InChI=1S/C20H24N2O3S/c1-20(2,3)12-9-10-14-15(11-12)26-17(16(14)18(23)24)22-19(25)21-13-7-5-4-6-8-13/h4-8,12H,9-11H2,1-3H3,(H,23,24)(H2,21,22,25). The number of amides is 2. The SMILES string of the molecule is CC(C)(C)C1CCc2c(sc(NC(=O)Nc3ccccc3)c2C(=O)O)C1. The molecule has 5 nitrogen and oxygen atoms in total. The van der Waals surface area contributed by atoms with Gasteiger partial charge in [-0.25, -0.2) is 9.59 Å². The maximum Gasteiger partial charge on any atom is 0.339 e. The van der Waals surface area contributed by atoms with Gasteiger partial charge in [-0.05, 0) is 48.3 Å². The summed E-state index contributed by atoms with van der Waals surface area (Å²) in [6, 6.07) is 8.66. The first-order chi connectivity index (χ1) is 12.3. The van der Waals surface area contributed by atoms with Crippen molar-refractivity contribution in [2.24, 2.45) is 11.3 Å². The summed E-state index contributed by atoms with van der Waals surface area (Å²) in [5, 5.41) is 15.6. The topological polar surface area (TPSA) is 78.4 Å². The highest BCUT2D eigenvalue weighted by molar-refractivity contribution is 7.17. The van der Waals surface area contributed by atoms with Crippen molar-refractivity contribution in [1.29, 1.82) is 0 Å². The van der Waals surface area contributed by atoms with E-state index in [4.69, 9.17) is 0 Å². The van der Waals surface area contributed by atoms with Gasteiger partial charge in [-0.15, -0.1) is 11.3 Å². The molecule has 0 saturated carbocycles. The van der Waals surface area contributed by atoms with Gasteiger partial charge in [0.05, 0.1) is 5.56 Å². The van der Waals surface area contributed by atoms with Gasteiger partial charge in [-0.1, -0.05) is 39.0 Å². The highest BCUT2D eigenvalue weighted by Gasteiger charge is 2.34. The van der Waals surface area contributed by atoms with Gasteiger partial charge in [0.25, 0.3) is 0 Å². The van der Waals surface area contributed by atoms with E-state index in [2.05, 4.69) is 31.4 Å². The van der Waals surface area contributed by atoms with E-state index in [1.807, 2.05) is 18.2 Å². The van der Waals surface area contributed by atoms with E-state index in [9.17, 15) is 14.7 Å². The van der Waals surface area contributed by atoms with Crippen LogP contribution in [0.4, 0.5) is 15.5 Å². The molecule has 0 aliphatic heterocycles. The molecule has 0 spiro atoms. The van der Waals surface area contributed by atoms with Crippen molar-refractivity contribution in [3.8, 4) is 0 Å². The lowest BCUT2D eigenvalue weighted by molar-refractivity contribution is 0.0696. The highest BCUT2D eigenvalue weighted by Crippen LogP contribution is 2.44. The number of aromatic carboxylic acids is 1. The maximum atomic E-state index is 12.3. The zero-order valence-electron chi connectivity index (χ0n) is 15.3. The zero-order valence-corrected chi connectivity index (χ0v) is 16.1. The summed E-state index contributed by atoms with van der Waals surface area (Å²) >= 11 is 1.40. The molecule has 0 bridgehead atoms. The minimum atomic E-state index is -0.980. The molecule has 6 heteroatoms. The summed E-state index contributed by atoms with van der Waals surface area (Å²) in [7, 11) is 0. The largest absolute Gasteiger partial charge is 0.478 e. The average molecular weight is 372 g/mol. The molecule has 2 amide bonds. The third kappa shape index (κ3) is 3.90. The van der Waals surface area contributed by atoms with Gasteiger partial charge in [-0.3, -0.25) is 5.32 Å². The number of carbonyl (C=O) groups is 2. The number of fused-ring (bicyclic) bond motifs is 1. The van der Waals surface area contributed by atoms with E-state index in [0.717, 1.165) is 29.7 Å². The lowest BCUT2D eigenvalue weighted by atomic mass is 9.72. The third-order valence-corrected chi connectivity index (χ3v) is 6.13. The molecule has 1 unspecified atom stereocenters. The lowest BCUT2D eigenvalue weighted by Crippen LogP contribution is -2.26. The Morgan fingerprint density at radius 1 is 1.15 bits per heavy atom. The molecule has 26 heavy (non-hydrogen) atoms. The summed E-state index contributed by atoms with van der Waals surface area (Å²) < 4.78 is 0. The fraction of sp³-hybridized carbons (Fsp3) is 0.400. The number of hydrogen-bond acceptors (Lipinski definition) is 3. The first-order valence-corrected chi connectivity index (χ1v) is 9.58. The van der Waals surface area contributed by atoms with Crippen molar-refractivity contribution < 1.29 is 14.7 Å². The van der Waals surface area contributed by atoms with E-state index in [1.54, 1.807) is 12.1 Å². The van der Waals surface area contributed by atoms with Crippen LogP contribution in [0.2, 0.25) is 0 Å². The first kappa shape index (κ1) is 18.5. The Balaban J connectivity index is 1.83. The summed E-state index contributed by atoms with van der Waals surface area (Å²) in [5.41, 5.74) is 1.98. The van der Waals surface area contributed by atoms with Crippen molar-refractivity contribution in [3.63, 3.8) is 0 Å². The van der Waals surface area contributed by atoms with E-state index in [0.29, 0.717) is 16.6 Å². The fourth-order valence-electron chi connectivity index (χ4n) is 3.43. The first-order valence-electron chi connectivity index (χ1n) is 8.76. The number of hydrogen-bond donors (Lipinski definition) is 3. The van der Waals surface area contributed by atoms with E-state index in [1.165, 1.54) is 11.3 Å². The molecule has 1 aliphatic carbocycles. The number of carbonyl (C=O) groups excluding carboxylic acids is 1. The van der Waals surface area contributed by atoms with Crippen molar-refractivity contribution >= 4 is 34.0 Å². The molecular formula is C20H24N2O3S. The molecule has 3 N–H and O–H groups in total. The number of rotatable bonds is 3. The number of carboxylic acid groups (broad SMARTS) is 1. The van der Waals surface area contributed by atoms with E-state index >= 15 is 0 Å². The predicted octanol–water partition coefficient (Wildman–Crippen LogP) is 5.24. The number of benzene rings is 1. The van der Waals surface area contributed by atoms with Gasteiger partial charge < -0.3 is 10.4 Å². The van der Waals surface area contributed by atoms with E-state index < -0.39 is 12.0 Å². The molecule has 0 fully saturated rings. The number of carboxylic acids is 1. The molecule has 0 radical (unpaired) electrons. The quantitative estimate of drug-likeness (QED) is 0.689. The Labute approximate surface area is 157 Å². The van der Waals surface area contributed by atoms with Gasteiger partial charge in [0.15, 0.2) is 0 Å². The Bertz CT molecular complexity index is 822. The monoisotopic (exact) mass is 372 g/mol. The smallest absolute Gasteiger partial charge is 0.339 e. The summed E-state index contributed by atoms with van der Waals surface area (Å²) in [5.74, 6) is -0.465. The van der Waals surface area contributed by atoms with Gasteiger partial charge in [0.1, 0.15) is 5.00 Å². The molecule has 1 heterocycles. The second-order valence-corrected chi connectivity index (χ2v) is 8.87. The molecule has 2 aromatic rings. The molecule has 0 saturated heterocycles. The number of para-hydroxylation sites is 1. The van der Waals surface area contributed by atoms with Crippen LogP contribution in [0.1, 0.15) is 48.0 Å². The van der Waals surface area contributed by atoms with Gasteiger partial charge >= 0.3 is 12.0 Å². The van der Waals surface area contributed by atoms with Gasteiger partial charge in [0, 0.05) is 10.6 Å². The molecular weight excluding hydrogens is 348 g/mol. The maximum absolute atomic E-state index is 12.3. The Morgan fingerprint density at radius 3 is 2.46 bits per heavy atom. The summed E-state index contributed by atoms with van der Waals surface area (Å²) in [6.45, 7) is 6.67. The van der Waals surface area contributed by atoms with Gasteiger partial charge in [0.2, 0.25) is 0 Å². The van der Waals surface area contributed by atoms with Crippen LogP contribution in [0, 0.1) is 11.3 Å². The number of thiophene rings is 1. The fourth-order valence-corrected chi connectivity index (χ4v) is 4.74. The predicted molar refractivity (Wildman–Crippen MR) is 105 cm³/mol. The second kappa shape index (κ2) is 7.11. The van der Waals surface area contributed by atoms with Crippen LogP contribution in [-0.4, -0.2) is 17.1 Å². The Morgan fingerprint density at radius 2 is 1.85 bits per heavy atom. The molecule has 1 atom stereocenters. The van der Waals surface area contributed by atoms with Crippen LogP contribution in [0.3, 0.4) is 0 Å². The molecule has 1 aromatic carbocycles. The summed E-state index contributed by atoms with van der Waals surface area (Å²) in [4.78, 5) is 25.2. The number of nitrogens with one attached hydrogen (secondary N) is 2. The molecule has 3 rings (SSSR count). The highest BCUT2D eigenvalue weighted by atomic mass is 32.1. The van der Waals surface area contributed by atoms with Gasteiger partial charge in [-0.2, -0.15) is 0 Å². The van der Waals surface area contributed by atoms with Crippen LogP contribution in [0.15, 0.2) is 30.3 Å². The number of anilines is 2. The third-order valence-electron chi connectivity index (χ3n) is 4.96. The number of urea groups is 1. The average Bonchev–Trinajstić information content (AvgIpc) is 2.91. The van der Waals surface area contributed by atoms with Crippen LogP contribution in [0.25, 0.3) is 0 Å². The van der Waals surface area contributed by atoms with Crippen molar-refractivity contribution in [1.82, 2.24) is 0 Å². The minimum absolute atomic E-state index is 0.184. The molecule has 138 valence electrons. The van der Waals surface area contributed by atoms with Crippen molar-refractivity contribution in [2.45, 2.75) is 40.0 Å². The van der Waals surface area contributed by atoms with E-state index in [-0.39, 0.29) is 11.0 Å². The van der Waals surface area contributed by atoms with Crippen LogP contribution >= 0.6 is 11.3 Å². The van der Waals surface area contributed by atoms with Crippen LogP contribution in [-0.2, 0) is 12.8 Å². The minimum Gasteiger partial charge on any atom is -0.478 e. The van der Waals surface area contributed by atoms with Crippen LogP contribution in [0.5, 0.6) is 0 Å². The second-order valence-electron chi connectivity index (χ2n) is 7.76. The van der Waals surface area contributed by atoms with Crippen molar-refractivity contribution in [2.75, 3.05) is 10.6 Å².